The van der Waals surface area contributed by atoms with Gasteiger partial charge in [0.2, 0.25) is 11.8 Å². The molecule has 0 spiro atoms. The van der Waals surface area contributed by atoms with Crippen LogP contribution < -0.4 is 10.6 Å². The van der Waals surface area contributed by atoms with Gasteiger partial charge in [-0.05, 0) is 38.1 Å². The molecule has 250 valence electrons. The first-order chi connectivity index (χ1) is 19.8. The second-order valence-electron chi connectivity index (χ2n) is 9.63. The van der Waals surface area contributed by atoms with E-state index in [1.807, 2.05) is 0 Å². The Morgan fingerprint density at radius 3 is 1.90 bits per heavy atom. The SMILES string of the molecule is CC(C)(C)OP(=O)(O)OCCOCCOCCOCCNC(=O)CCSCC(=O)NCCCCCCOP(=O)(O)OF. The van der Waals surface area contributed by atoms with E-state index in [9.17, 15) is 28.1 Å². The van der Waals surface area contributed by atoms with E-state index in [0.717, 1.165) is 12.8 Å². The molecule has 4 N–H and O–H groups in total. The zero-order chi connectivity index (χ0) is 31.7. The van der Waals surface area contributed by atoms with Gasteiger partial charge < -0.3 is 34.6 Å². The van der Waals surface area contributed by atoms with Crippen molar-refractivity contribution in [3.8, 4) is 0 Å². The van der Waals surface area contributed by atoms with Crippen molar-refractivity contribution in [1.29, 1.82) is 0 Å². The van der Waals surface area contributed by atoms with Crippen molar-refractivity contribution in [2.75, 3.05) is 77.5 Å². The summed E-state index contributed by atoms with van der Waals surface area (Å²) in [5.74, 6) is 0.491. The summed E-state index contributed by atoms with van der Waals surface area (Å²) < 4.78 is 67.0. The minimum atomic E-state index is -4.57. The predicted molar refractivity (Wildman–Crippen MR) is 153 cm³/mol. The van der Waals surface area contributed by atoms with Crippen LogP contribution >= 0.6 is 27.4 Å². The number of unbranched alkanes of at least 4 members (excludes halogenated alkanes) is 3. The number of halogens is 1. The summed E-state index contributed by atoms with van der Waals surface area (Å²) >= 11 is 1.36. The van der Waals surface area contributed by atoms with Crippen LogP contribution in [0.15, 0.2) is 0 Å². The quantitative estimate of drug-likeness (QED) is 0.0699. The first-order valence-electron chi connectivity index (χ1n) is 13.6. The number of hydrogen-bond donors (Lipinski definition) is 4. The molecule has 19 heteroatoms. The van der Waals surface area contributed by atoms with Crippen LogP contribution in [0.1, 0.15) is 52.9 Å². The van der Waals surface area contributed by atoms with Gasteiger partial charge in [0.1, 0.15) is 0 Å². The Labute approximate surface area is 251 Å². The zero-order valence-corrected chi connectivity index (χ0v) is 27.2. The molecule has 0 aromatic rings. The second kappa shape index (κ2) is 24.6. The number of hydrogen-bond acceptors (Lipinski definition) is 12. The number of rotatable bonds is 28. The number of thioether (sulfide) groups is 1. The maximum Gasteiger partial charge on any atom is 0.503 e. The van der Waals surface area contributed by atoms with Gasteiger partial charge >= 0.3 is 15.6 Å². The molecule has 2 unspecified atom stereocenters. The van der Waals surface area contributed by atoms with Gasteiger partial charge in [0.05, 0.1) is 64.2 Å². The molecule has 0 saturated heterocycles. The van der Waals surface area contributed by atoms with Crippen molar-refractivity contribution in [2.45, 2.75) is 58.5 Å². The van der Waals surface area contributed by atoms with Crippen molar-refractivity contribution < 1.29 is 65.5 Å². The van der Waals surface area contributed by atoms with E-state index in [4.69, 9.17) is 28.2 Å². The average molecular weight is 673 g/mol. The van der Waals surface area contributed by atoms with Crippen LogP contribution in [-0.4, -0.2) is 105 Å². The molecular formula is C23H47FN2O13P2S. The number of ether oxygens (including phenoxy) is 3. The van der Waals surface area contributed by atoms with Crippen molar-refractivity contribution in [3.63, 3.8) is 0 Å². The highest BCUT2D eigenvalue weighted by Crippen LogP contribution is 2.47. The molecule has 0 fully saturated rings. The van der Waals surface area contributed by atoms with Crippen LogP contribution in [0, 0.1) is 0 Å². The van der Waals surface area contributed by atoms with E-state index in [2.05, 4.69) is 19.9 Å². The normalized spacial score (nSPS) is 14.7. The third-order valence-corrected chi connectivity index (χ3v) is 7.56. The fourth-order valence-electron chi connectivity index (χ4n) is 2.87. The Hall–Kier alpha value is -0.680. The summed E-state index contributed by atoms with van der Waals surface area (Å²) in [6.07, 6.45) is 2.91. The average Bonchev–Trinajstić information content (AvgIpc) is 2.89. The summed E-state index contributed by atoms with van der Waals surface area (Å²) in [6.45, 7) is 7.35. The Balaban J connectivity index is 3.43. The molecule has 0 aromatic heterocycles. The van der Waals surface area contributed by atoms with Gasteiger partial charge in [-0.3, -0.25) is 23.2 Å². The van der Waals surface area contributed by atoms with Crippen LogP contribution in [0.3, 0.4) is 0 Å². The van der Waals surface area contributed by atoms with E-state index >= 15 is 0 Å². The van der Waals surface area contributed by atoms with Gasteiger partial charge in [-0.1, -0.05) is 17.6 Å². The first-order valence-corrected chi connectivity index (χ1v) is 17.7. The first kappa shape index (κ1) is 41.3. The lowest BCUT2D eigenvalue weighted by Crippen LogP contribution is -2.28. The highest BCUT2D eigenvalue weighted by Gasteiger charge is 2.28. The van der Waals surface area contributed by atoms with Gasteiger partial charge in [-0.15, -0.1) is 0 Å². The van der Waals surface area contributed by atoms with Crippen LogP contribution in [0.2, 0.25) is 0 Å². The van der Waals surface area contributed by atoms with Gasteiger partial charge in [0.15, 0.2) is 0 Å². The van der Waals surface area contributed by atoms with Crippen LogP contribution in [-0.2, 0) is 51.2 Å². The third kappa shape index (κ3) is 29.4. The standard InChI is InChI=1S/C23H47FN2O13P2S/c1-23(2,3)38-40(29,30)37-18-17-35-16-15-34-14-13-33-12-10-26-21(27)8-19-42-20-22(28)25-9-6-4-5-7-11-36-41(31,32)39-24/h4-20H2,1-3H3,(H,25,28)(H,26,27)(H,29,30)(H,31,32). The lowest BCUT2D eigenvalue weighted by molar-refractivity contribution is -0.121. The molecule has 0 rings (SSSR count). The summed E-state index contributed by atoms with van der Waals surface area (Å²) in [5.41, 5.74) is -0.799. The summed E-state index contributed by atoms with van der Waals surface area (Å²) in [4.78, 5) is 41.9. The lowest BCUT2D eigenvalue weighted by Gasteiger charge is -2.22. The molecule has 2 atom stereocenters. The molecule has 0 heterocycles. The summed E-state index contributed by atoms with van der Waals surface area (Å²) in [7, 11) is -8.68. The smallest absolute Gasteiger partial charge is 0.377 e. The Morgan fingerprint density at radius 1 is 0.738 bits per heavy atom. The Bertz CT molecular complexity index is 824. The topological polar surface area (TPSA) is 197 Å². The molecule has 0 radical (unpaired) electrons. The van der Waals surface area contributed by atoms with Crippen molar-refractivity contribution in [2.24, 2.45) is 0 Å². The van der Waals surface area contributed by atoms with E-state index in [1.54, 1.807) is 20.8 Å². The number of carbonyl (C=O) groups is 2. The molecule has 0 aromatic carbocycles. The molecular weight excluding hydrogens is 625 g/mol. The second-order valence-corrected chi connectivity index (χ2v) is 13.4. The summed E-state index contributed by atoms with van der Waals surface area (Å²) in [5, 5.41) is 5.52. The molecule has 0 aliphatic heterocycles. The minimum Gasteiger partial charge on any atom is -0.377 e. The Kier molecular flexibility index (Phi) is 24.2. The van der Waals surface area contributed by atoms with E-state index in [0.29, 0.717) is 58.1 Å². The van der Waals surface area contributed by atoms with E-state index in [1.165, 1.54) is 11.8 Å². The predicted octanol–water partition coefficient (Wildman–Crippen LogP) is 2.90. The molecule has 42 heavy (non-hydrogen) atoms. The zero-order valence-electron chi connectivity index (χ0n) is 24.6. The van der Waals surface area contributed by atoms with E-state index in [-0.39, 0.29) is 50.4 Å². The van der Waals surface area contributed by atoms with Crippen molar-refractivity contribution >= 4 is 39.2 Å². The number of nitrogens with one attached hydrogen (secondary N) is 2. The largest absolute Gasteiger partial charge is 0.503 e. The maximum absolute atomic E-state index is 11.8. The Morgan fingerprint density at radius 2 is 1.29 bits per heavy atom. The number of carbonyl (C=O) groups excluding carboxylic acids is 2. The van der Waals surface area contributed by atoms with Gasteiger partial charge in [0, 0.05) is 25.3 Å². The van der Waals surface area contributed by atoms with Gasteiger partial charge in [-0.25, -0.2) is 9.13 Å². The number of phosphoric ester groups is 2. The van der Waals surface area contributed by atoms with Crippen LogP contribution in [0.25, 0.3) is 0 Å². The van der Waals surface area contributed by atoms with Crippen molar-refractivity contribution in [3.05, 3.63) is 0 Å². The number of amides is 2. The highest BCUT2D eigenvalue weighted by molar-refractivity contribution is 7.99. The minimum absolute atomic E-state index is 0.0878. The maximum atomic E-state index is 11.8. The molecule has 15 nitrogen and oxygen atoms in total. The molecule has 0 aliphatic rings. The van der Waals surface area contributed by atoms with Crippen LogP contribution in [0.5, 0.6) is 0 Å². The van der Waals surface area contributed by atoms with E-state index < -0.39 is 21.2 Å². The third-order valence-electron chi connectivity index (χ3n) is 4.63. The monoisotopic (exact) mass is 672 g/mol. The van der Waals surface area contributed by atoms with Gasteiger partial charge in [-0.2, -0.15) is 11.8 Å². The lowest BCUT2D eigenvalue weighted by atomic mass is 10.2. The van der Waals surface area contributed by atoms with Gasteiger partial charge in [0.25, 0.3) is 0 Å². The fraction of sp³-hybridized carbons (Fsp3) is 0.913. The number of phosphoric acid groups is 2. The van der Waals surface area contributed by atoms with Crippen LogP contribution in [0.4, 0.5) is 4.53 Å². The molecule has 2 amide bonds. The highest BCUT2D eigenvalue weighted by atomic mass is 32.2. The van der Waals surface area contributed by atoms with Crippen molar-refractivity contribution in [1.82, 2.24) is 10.6 Å². The molecule has 0 aliphatic carbocycles. The fourth-order valence-corrected chi connectivity index (χ4v) is 5.08. The molecule has 0 bridgehead atoms. The molecule has 0 saturated carbocycles. The summed E-state index contributed by atoms with van der Waals surface area (Å²) in [6, 6.07) is 0.